The quantitative estimate of drug-likeness (QED) is 0.581. The van der Waals surface area contributed by atoms with Gasteiger partial charge in [-0.05, 0) is 0 Å². The highest BCUT2D eigenvalue weighted by Gasteiger charge is 2.53. The average Bonchev–Trinajstić information content (AvgIpc) is 2.90. The van der Waals surface area contributed by atoms with Crippen LogP contribution in [0.25, 0.3) is 0 Å². The Balaban J connectivity index is 2.24. The second-order valence-electron chi connectivity index (χ2n) is 5.53. The van der Waals surface area contributed by atoms with Crippen molar-refractivity contribution in [1.82, 2.24) is 0 Å². The number of aliphatic hydroxyl groups excluding tert-OH is 1. The van der Waals surface area contributed by atoms with Gasteiger partial charge in [-0.3, -0.25) is 14.4 Å². The topological polar surface area (TPSA) is 108 Å². The van der Waals surface area contributed by atoms with E-state index in [1.54, 1.807) is 30.3 Å². The minimum atomic E-state index is -1.59. The lowest BCUT2D eigenvalue weighted by atomic mass is 9.98. The van der Waals surface area contributed by atoms with Crippen LogP contribution in [0, 0.1) is 0 Å². The molecule has 1 saturated heterocycles. The molecule has 0 amide bonds. The number of carbonyl (C=O) groups excluding carboxylic acids is 3. The molecule has 25 heavy (non-hydrogen) atoms. The van der Waals surface area contributed by atoms with Crippen LogP contribution in [0.3, 0.4) is 0 Å². The first-order valence-corrected chi connectivity index (χ1v) is 7.65. The minimum Gasteiger partial charge on any atom is -0.453 e. The zero-order chi connectivity index (χ0) is 18.6. The molecule has 136 valence electrons. The Morgan fingerprint density at radius 1 is 1.04 bits per heavy atom. The van der Waals surface area contributed by atoms with Crippen molar-refractivity contribution in [2.75, 3.05) is 7.11 Å². The Hall–Kier alpha value is -2.29. The maximum atomic E-state index is 12.4. The monoisotopic (exact) mass is 352 g/mol. The SMILES string of the molecule is CO[C@H]1[C@@H](OC(C)=O)[C@@H](OC(C)=O)O[C@@H]1C(O)C(=O)c1ccccc1. The third-order valence-electron chi connectivity index (χ3n) is 3.70. The molecule has 0 aliphatic carbocycles. The van der Waals surface area contributed by atoms with Crippen LogP contribution in [0.1, 0.15) is 24.2 Å². The van der Waals surface area contributed by atoms with E-state index >= 15 is 0 Å². The van der Waals surface area contributed by atoms with E-state index in [4.69, 9.17) is 18.9 Å². The summed E-state index contributed by atoms with van der Waals surface area (Å²) >= 11 is 0. The number of methoxy groups -OCH3 is 1. The second kappa shape index (κ2) is 8.19. The van der Waals surface area contributed by atoms with Crippen molar-refractivity contribution < 1.29 is 38.4 Å². The zero-order valence-corrected chi connectivity index (χ0v) is 14.1. The fraction of sp³-hybridized carbons (Fsp3) is 0.471. The first-order chi connectivity index (χ1) is 11.8. The van der Waals surface area contributed by atoms with Crippen LogP contribution in [0.2, 0.25) is 0 Å². The minimum absolute atomic E-state index is 0.286. The maximum Gasteiger partial charge on any atom is 0.305 e. The Labute approximate surface area is 144 Å². The van der Waals surface area contributed by atoms with E-state index < -0.39 is 48.4 Å². The number of ketones is 1. The van der Waals surface area contributed by atoms with Crippen LogP contribution in [-0.2, 0) is 28.5 Å². The Kier molecular flexibility index (Phi) is 6.24. The van der Waals surface area contributed by atoms with E-state index in [-0.39, 0.29) is 5.56 Å². The lowest BCUT2D eigenvalue weighted by molar-refractivity contribution is -0.197. The molecular weight excluding hydrogens is 332 g/mol. The van der Waals surface area contributed by atoms with Gasteiger partial charge in [-0.25, -0.2) is 0 Å². The third kappa shape index (κ3) is 4.41. The van der Waals surface area contributed by atoms with Gasteiger partial charge in [0.2, 0.25) is 6.29 Å². The van der Waals surface area contributed by atoms with Crippen LogP contribution >= 0.6 is 0 Å². The summed E-state index contributed by atoms with van der Waals surface area (Å²) in [5.74, 6) is -1.89. The molecule has 1 fully saturated rings. The van der Waals surface area contributed by atoms with Gasteiger partial charge in [0.05, 0.1) is 0 Å². The van der Waals surface area contributed by atoms with Crippen molar-refractivity contribution in [1.29, 1.82) is 0 Å². The van der Waals surface area contributed by atoms with Crippen LogP contribution in [0.5, 0.6) is 0 Å². The number of hydrogen-bond acceptors (Lipinski definition) is 8. The summed E-state index contributed by atoms with van der Waals surface area (Å²) in [5.41, 5.74) is 0.286. The first-order valence-electron chi connectivity index (χ1n) is 7.65. The van der Waals surface area contributed by atoms with Crippen molar-refractivity contribution in [3.8, 4) is 0 Å². The molecular formula is C17H20O8. The van der Waals surface area contributed by atoms with Crippen LogP contribution in [0.15, 0.2) is 30.3 Å². The van der Waals surface area contributed by atoms with E-state index in [0.717, 1.165) is 6.92 Å². The number of hydrogen-bond donors (Lipinski definition) is 1. The molecule has 1 N–H and O–H groups in total. The van der Waals surface area contributed by atoms with Gasteiger partial charge in [0.25, 0.3) is 0 Å². The summed E-state index contributed by atoms with van der Waals surface area (Å²) in [5, 5.41) is 10.4. The normalized spacial score (nSPS) is 26.7. The Bertz CT molecular complexity index is 629. The second-order valence-corrected chi connectivity index (χ2v) is 5.53. The number of carbonyl (C=O) groups is 3. The summed E-state index contributed by atoms with van der Waals surface area (Å²) in [6, 6.07) is 8.16. The number of benzene rings is 1. The fourth-order valence-electron chi connectivity index (χ4n) is 2.67. The van der Waals surface area contributed by atoms with Gasteiger partial charge in [0.15, 0.2) is 11.9 Å². The van der Waals surface area contributed by atoms with Crippen molar-refractivity contribution in [2.45, 2.75) is 44.6 Å². The van der Waals surface area contributed by atoms with Crippen molar-refractivity contribution in [2.24, 2.45) is 0 Å². The van der Waals surface area contributed by atoms with Crippen molar-refractivity contribution in [3.05, 3.63) is 35.9 Å². The van der Waals surface area contributed by atoms with Gasteiger partial charge >= 0.3 is 11.9 Å². The highest BCUT2D eigenvalue weighted by atomic mass is 16.7. The van der Waals surface area contributed by atoms with E-state index in [2.05, 4.69) is 0 Å². The molecule has 0 aromatic heterocycles. The summed E-state index contributed by atoms with van der Waals surface area (Å²) < 4.78 is 20.8. The molecule has 1 aromatic carbocycles. The number of esters is 2. The standard InChI is InChI=1S/C17H20O8/c1-9(18)23-16-15(22-3)14(25-17(16)24-10(2)19)13(21)12(20)11-7-5-4-6-8-11/h4-8,13-17,21H,1-3H3/t13?,14-,15-,16-,17+/m1/s1. The number of rotatable bonds is 6. The fourth-order valence-corrected chi connectivity index (χ4v) is 2.67. The highest BCUT2D eigenvalue weighted by molar-refractivity contribution is 5.99. The summed E-state index contributed by atoms with van der Waals surface area (Å²) in [7, 11) is 1.31. The average molecular weight is 352 g/mol. The molecule has 0 spiro atoms. The molecule has 0 bridgehead atoms. The largest absolute Gasteiger partial charge is 0.453 e. The summed E-state index contributed by atoms with van der Waals surface area (Å²) in [6.07, 6.45) is -6.14. The van der Waals surface area contributed by atoms with E-state index in [0.29, 0.717) is 0 Å². The van der Waals surface area contributed by atoms with Gasteiger partial charge in [0.1, 0.15) is 18.3 Å². The van der Waals surface area contributed by atoms with Crippen molar-refractivity contribution >= 4 is 17.7 Å². The van der Waals surface area contributed by atoms with E-state index in [1.165, 1.54) is 14.0 Å². The van der Waals surface area contributed by atoms with Gasteiger partial charge in [-0.15, -0.1) is 0 Å². The van der Waals surface area contributed by atoms with Crippen molar-refractivity contribution in [3.63, 3.8) is 0 Å². The Morgan fingerprint density at radius 2 is 1.64 bits per heavy atom. The van der Waals surface area contributed by atoms with Crippen LogP contribution in [0.4, 0.5) is 0 Å². The predicted molar refractivity (Wildman–Crippen MR) is 83.6 cm³/mol. The van der Waals surface area contributed by atoms with Gasteiger partial charge in [-0.2, -0.15) is 0 Å². The molecule has 1 unspecified atom stereocenters. The molecule has 1 heterocycles. The molecule has 0 radical (unpaired) electrons. The van der Waals surface area contributed by atoms with Gasteiger partial charge in [-0.1, -0.05) is 30.3 Å². The molecule has 8 nitrogen and oxygen atoms in total. The lowest BCUT2D eigenvalue weighted by Crippen LogP contribution is -2.45. The molecule has 1 aliphatic rings. The zero-order valence-electron chi connectivity index (χ0n) is 14.1. The van der Waals surface area contributed by atoms with Gasteiger partial charge < -0.3 is 24.1 Å². The molecule has 5 atom stereocenters. The molecule has 1 aromatic rings. The first kappa shape index (κ1) is 19.0. The van der Waals surface area contributed by atoms with E-state index in [1.807, 2.05) is 0 Å². The molecule has 1 aliphatic heterocycles. The van der Waals surface area contributed by atoms with Crippen LogP contribution in [-0.4, -0.2) is 60.6 Å². The molecule has 8 heteroatoms. The molecule has 0 saturated carbocycles. The number of Topliss-reactive ketones (excluding diaryl/α,β-unsaturated/α-hetero) is 1. The smallest absolute Gasteiger partial charge is 0.305 e. The third-order valence-corrected chi connectivity index (χ3v) is 3.70. The number of aliphatic hydroxyl groups is 1. The maximum absolute atomic E-state index is 12.4. The summed E-state index contributed by atoms with van der Waals surface area (Å²) in [4.78, 5) is 35.0. The molecule has 2 rings (SSSR count). The Morgan fingerprint density at radius 3 is 2.16 bits per heavy atom. The lowest BCUT2D eigenvalue weighted by Gasteiger charge is -2.23. The van der Waals surface area contributed by atoms with Crippen LogP contribution < -0.4 is 0 Å². The summed E-state index contributed by atoms with van der Waals surface area (Å²) in [6.45, 7) is 2.34. The highest BCUT2D eigenvalue weighted by Crippen LogP contribution is 2.30. The predicted octanol–water partition coefficient (Wildman–Crippen LogP) is 0.465. The van der Waals surface area contributed by atoms with E-state index in [9.17, 15) is 19.5 Å². The van der Waals surface area contributed by atoms with Gasteiger partial charge in [0, 0.05) is 26.5 Å². The number of ether oxygens (including phenoxy) is 4.